The van der Waals surface area contributed by atoms with Crippen molar-refractivity contribution in [2.24, 2.45) is 11.8 Å². The second-order valence-corrected chi connectivity index (χ2v) is 3.40. The van der Waals surface area contributed by atoms with Gasteiger partial charge in [0.25, 0.3) is 0 Å². The van der Waals surface area contributed by atoms with Crippen LogP contribution in [0.5, 0.6) is 0 Å². The van der Waals surface area contributed by atoms with Gasteiger partial charge in [0.1, 0.15) is 0 Å². The first kappa shape index (κ1) is 8.55. The van der Waals surface area contributed by atoms with Gasteiger partial charge in [-0.3, -0.25) is 0 Å². The minimum Gasteiger partial charge on any atom is -0.319 e. The van der Waals surface area contributed by atoms with Gasteiger partial charge in [-0.2, -0.15) is 5.26 Å². The van der Waals surface area contributed by atoms with Gasteiger partial charge < -0.3 is 5.32 Å². The third kappa shape index (κ3) is 2.51. The summed E-state index contributed by atoms with van der Waals surface area (Å²) in [7, 11) is 2.00. The molecular formula is C9H16N2. The van der Waals surface area contributed by atoms with Crippen LogP contribution in [-0.2, 0) is 0 Å². The van der Waals surface area contributed by atoms with E-state index in [-0.39, 0.29) is 0 Å². The molecule has 0 radical (unpaired) electrons. The van der Waals surface area contributed by atoms with Crippen molar-refractivity contribution in [1.82, 2.24) is 5.32 Å². The van der Waals surface area contributed by atoms with Gasteiger partial charge in [-0.25, -0.2) is 0 Å². The monoisotopic (exact) mass is 152 g/mol. The molecule has 0 heterocycles. The molecule has 0 atom stereocenters. The Morgan fingerprint density at radius 3 is 2.45 bits per heavy atom. The quantitative estimate of drug-likeness (QED) is 0.651. The Hall–Kier alpha value is -0.550. The Bertz CT molecular complexity index is 140. The van der Waals surface area contributed by atoms with Gasteiger partial charge in [0.15, 0.2) is 0 Å². The maximum atomic E-state index is 8.64. The van der Waals surface area contributed by atoms with Gasteiger partial charge in [-0.15, -0.1) is 0 Å². The Kier molecular flexibility index (Phi) is 3.38. The van der Waals surface area contributed by atoms with Crippen LogP contribution < -0.4 is 5.32 Å². The topological polar surface area (TPSA) is 35.8 Å². The molecule has 2 heteroatoms. The lowest BCUT2D eigenvalue weighted by Gasteiger charge is -2.24. The van der Waals surface area contributed by atoms with Crippen LogP contribution in [0.2, 0.25) is 0 Å². The fraction of sp³-hybridized carbons (Fsp3) is 0.889. The van der Waals surface area contributed by atoms with E-state index in [2.05, 4.69) is 11.4 Å². The zero-order chi connectivity index (χ0) is 8.10. The third-order valence-electron chi connectivity index (χ3n) is 2.52. The fourth-order valence-electron chi connectivity index (χ4n) is 1.78. The predicted molar refractivity (Wildman–Crippen MR) is 45.0 cm³/mol. The van der Waals surface area contributed by atoms with E-state index in [1.165, 1.54) is 12.8 Å². The van der Waals surface area contributed by atoms with Crippen molar-refractivity contribution in [3.63, 3.8) is 0 Å². The lowest BCUT2D eigenvalue weighted by Crippen LogP contribution is -2.23. The molecule has 1 aliphatic carbocycles. The van der Waals surface area contributed by atoms with E-state index in [4.69, 9.17) is 5.26 Å². The summed E-state index contributed by atoms with van der Waals surface area (Å²) < 4.78 is 0. The average Bonchev–Trinajstić information content (AvgIpc) is 2.07. The second-order valence-electron chi connectivity index (χ2n) is 3.40. The highest BCUT2D eigenvalue weighted by Crippen LogP contribution is 2.27. The summed E-state index contributed by atoms with van der Waals surface area (Å²) in [5.41, 5.74) is 0. The minimum absolute atomic E-state index is 0.350. The van der Waals surface area contributed by atoms with Crippen molar-refractivity contribution < 1.29 is 0 Å². The lowest BCUT2D eigenvalue weighted by atomic mass is 9.83. The molecule has 1 rings (SSSR count). The van der Waals surface area contributed by atoms with Crippen LogP contribution in [0.4, 0.5) is 0 Å². The molecule has 1 saturated carbocycles. The van der Waals surface area contributed by atoms with E-state index in [9.17, 15) is 0 Å². The van der Waals surface area contributed by atoms with Gasteiger partial charge in [0.05, 0.1) is 6.07 Å². The average molecular weight is 152 g/mol. The first-order chi connectivity index (χ1) is 5.36. The lowest BCUT2D eigenvalue weighted by molar-refractivity contribution is 0.309. The molecule has 1 aliphatic rings. The first-order valence-electron chi connectivity index (χ1n) is 4.41. The highest BCUT2D eigenvalue weighted by atomic mass is 14.8. The molecular weight excluding hydrogens is 136 g/mol. The second kappa shape index (κ2) is 4.35. The molecule has 0 spiro atoms. The summed E-state index contributed by atoms with van der Waals surface area (Å²) >= 11 is 0. The molecule has 0 bridgehead atoms. The molecule has 0 aromatic rings. The van der Waals surface area contributed by atoms with Crippen LogP contribution in [0.15, 0.2) is 0 Å². The third-order valence-corrected chi connectivity index (χ3v) is 2.52. The normalized spacial score (nSPS) is 31.3. The number of hydrogen-bond donors (Lipinski definition) is 1. The highest BCUT2D eigenvalue weighted by molar-refractivity contribution is 4.87. The van der Waals surface area contributed by atoms with Gasteiger partial charge in [0.2, 0.25) is 0 Å². The highest BCUT2D eigenvalue weighted by Gasteiger charge is 2.19. The number of rotatable bonds is 2. The summed E-state index contributed by atoms with van der Waals surface area (Å²) in [5.74, 6) is 1.17. The first-order valence-corrected chi connectivity index (χ1v) is 4.41. The molecule has 0 aliphatic heterocycles. The van der Waals surface area contributed by atoms with Crippen molar-refractivity contribution in [3.8, 4) is 6.07 Å². The Labute approximate surface area is 68.6 Å². The number of nitrogens with zero attached hydrogens (tertiary/aromatic N) is 1. The van der Waals surface area contributed by atoms with Crippen LogP contribution in [0, 0.1) is 23.2 Å². The van der Waals surface area contributed by atoms with Crippen molar-refractivity contribution in [2.45, 2.75) is 25.7 Å². The molecule has 2 nitrogen and oxygen atoms in total. The summed E-state index contributed by atoms with van der Waals surface area (Å²) in [6.45, 7) is 1.12. The molecule has 1 N–H and O–H groups in total. The van der Waals surface area contributed by atoms with Crippen LogP contribution in [0.1, 0.15) is 25.7 Å². The number of hydrogen-bond acceptors (Lipinski definition) is 2. The molecule has 0 aromatic heterocycles. The van der Waals surface area contributed by atoms with Crippen LogP contribution in [0.3, 0.4) is 0 Å². The standard InChI is InChI=1S/C9H16N2/c1-11-7-9-4-2-8(6-10)3-5-9/h8-9,11H,2-5,7H2,1H3/t8-,9+. The van der Waals surface area contributed by atoms with Crippen molar-refractivity contribution in [3.05, 3.63) is 0 Å². The summed E-state index contributed by atoms with van der Waals surface area (Å²) in [6, 6.07) is 2.35. The van der Waals surface area contributed by atoms with E-state index in [0.29, 0.717) is 5.92 Å². The molecule has 0 amide bonds. The maximum Gasteiger partial charge on any atom is 0.0655 e. The maximum absolute atomic E-state index is 8.64. The largest absolute Gasteiger partial charge is 0.319 e. The van der Waals surface area contributed by atoms with Crippen LogP contribution in [-0.4, -0.2) is 13.6 Å². The molecule has 62 valence electrons. The predicted octanol–water partition coefficient (Wildman–Crippen LogP) is 1.54. The smallest absolute Gasteiger partial charge is 0.0655 e. The van der Waals surface area contributed by atoms with Crippen LogP contribution >= 0.6 is 0 Å². The minimum atomic E-state index is 0.350. The van der Waals surface area contributed by atoms with E-state index in [1.54, 1.807) is 0 Å². The summed E-state index contributed by atoms with van der Waals surface area (Å²) in [4.78, 5) is 0. The number of nitrogens with one attached hydrogen (secondary N) is 1. The summed E-state index contributed by atoms with van der Waals surface area (Å²) in [5, 5.41) is 11.8. The Morgan fingerprint density at radius 2 is 2.00 bits per heavy atom. The van der Waals surface area contributed by atoms with Gasteiger partial charge in [-0.05, 0) is 45.2 Å². The SMILES string of the molecule is CNC[C@H]1CC[C@@H](C#N)CC1. The van der Waals surface area contributed by atoms with E-state index in [1.807, 2.05) is 7.05 Å². The molecule has 11 heavy (non-hydrogen) atoms. The van der Waals surface area contributed by atoms with E-state index < -0.39 is 0 Å². The molecule has 1 fully saturated rings. The van der Waals surface area contributed by atoms with Gasteiger partial charge >= 0.3 is 0 Å². The van der Waals surface area contributed by atoms with E-state index >= 15 is 0 Å². The van der Waals surface area contributed by atoms with E-state index in [0.717, 1.165) is 25.3 Å². The van der Waals surface area contributed by atoms with Gasteiger partial charge in [0, 0.05) is 5.92 Å². The Balaban J connectivity index is 2.20. The molecule has 0 aromatic carbocycles. The molecule has 0 saturated heterocycles. The Morgan fingerprint density at radius 1 is 1.36 bits per heavy atom. The fourth-order valence-corrected chi connectivity index (χ4v) is 1.78. The van der Waals surface area contributed by atoms with Crippen molar-refractivity contribution >= 4 is 0 Å². The van der Waals surface area contributed by atoms with Crippen LogP contribution in [0.25, 0.3) is 0 Å². The van der Waals surface area contributed by atoms with Crippen molar-refractivity contribution in [1.29, 1.82) is 5.26 Å². The summed E-state index contributed by atoms with van der Waals surface area (Å²) in [6.07, 6.45) is 4.70. The van der Waals surface area contributed by atoms with Crippen molar-refractivity contribution in [2.75, 3.05) is 13.6 Å². The number of nitriles is 1. The zero-order valence-corrected chi connectivity index (χ0v) is 7.14. The zero-order valence-electron chi connectivity index (χ0n) is 7.14. The van der Waals surface area contributed by atoms with Gasteiger partial charge in [-0.1, -0.05) is 0 Å². The molecule has 0 unspecified atom stereocenters.